The minimum absolute atomic E-state index is 0.0468. The molecule has 4 nitrogen and oxygen atoms in total. The maximum Gasteiger partial charge on any atom is 0.255 e. The first-order valence-corrected chi connectivity index (χ1v) is 10.1. The third-order valence-electron chi connectivity index (χ3n) is 4.52. The van der Waals surface area contributed by atoms with E-state index in [2.05, 4.69) is 0 Å². The summed E-state index contributed by atoms with van der Waals surface area (Å²) in [6, 6.07) is 13.4. The van der Waals surface area contributed by atoms with E-state index in [1.165, 1.54) is 17.8 Å². The Balaban J connectivity index is 1.73. The molecule has 1 heterocycles. The Morgan fingerprint density at radius 1 is 1.26 bits per heavy atom. The zero-order valence-electron chi connectivity index (χ0n) is 14.9. The minimum Gasteiger partial charge on any atom is -0.337 e. The van der Waals surface area contributed by atoms with Crippen LogP contribution in [0.15, 0.2) is 48.5 Å². The first-order valence-electron chi connectivity index (χ1n) is 8.72. The maximum atomic E-state index is 14.2. The molecule has 1 aliphatic rings. The first kappa shape index (κ1) is 19.7. The lowest BCUT2D eigenvalue weighted by atomic mass is 10.2. The van der Waals surface area contributed by atoms with E-state index in [1.54, 1.807) is 52.3 Å². The highest BCUT2D eigenvalue weighted by Gasteiger charge is 2.34. The topological polar surface area (TPSA) is 40.6 Å². The normalized spacial score (nSPS) is 16.6. The number of amides is 2. The van der Waals surface area contributed by atoms with Crippen LogP contribution in [0.1, 0.15) is 28.2 Å². The molecule has 1 saturated heterocycles. The molecule has 142 valence electrons. The van der Waals surface area contributed by atoms with Gasteiger partial charge >= 0.3 is 0 Å². The Bertz CT molecular complexity index is 848. The average molecular weight is 407 g/mol. The number of benzene rings is 2. The van der Waals surface area contributed by atoms with E-state index in [0.717, 1.165) is 0 Å². The SMILES string of the molecule is CCN(CCN1C(=O)CS[C@@H]1c1ccccc1F)C(=O)c1ccccc1Cl. The van der Waals surface area contributed by atoms with Gasteiger partial charge in [-0.15, -0.1) is 11.8 Å². The molecule has 27 heavy (non-hydrogen) atoms. The van der Waals surface area contributed by atoms with Crippen molar-refractivity contribution in [1.82, 2.24) is 9.80 Å². The Labute approximate surface area is 167 Å². The Hall–Kier alpha value is -2.05. The van der Waals surface area contributed by atoms with Gasteiger partial charge in [-0.1, -0.05) is 41.9 Å². The Morgan fingerprint density at radius 2 is 1.96 bits per heavy atom. The highest BCUT2D eigenvalue weighted by molar-refractivity contribution is 8.00. The molecule has 0 spiro atoms. The average Bonchev–Trinajstić information content (AvgIpc) is 3.03. The third-order valence-corrected chi connectivity index (χ3v) is 6.09. The van der Waals surface area contributed by atoms with E-state index in [1.807, 2.05) is 6.92 Å². The van der Waals surface area contributed by atoms with Crippen molar-refractivity contribution in [2.45, 2.75) is 12.3 Å². The number of rotatable bonds is 6. The number of hydrogen-bond donors (Lipinski definition) is 0. The van der Waals surface area contributed by atoms with Gasteiger partial charge in [0.05, 0.1) is 16.3 Å². The summed E-state index contributed by atoms with van der Waals surface area (Å²) in [6.07, 6.45) is 0. The van der Waals surface area contributed by atoms with Crippen LogP contribution in [-0.2, 0) is 4.79 Å². The van der Waals surface area contributed by atoms with Crippen LogP contribution in [0, 0.1) is 5.82 Å². The molecule has 1 atom stereocenters. The quantitative estimate of drug-likeness (QED) is 0.721. The van der Waals surface area contributed by atoms with Gasteiger partial charge in [0.1, 0.15) is 11.2 Å². The lowest BCUT2D eigenvalue weighted by molar-refractivity contribution is -0.128. The Morgan fingerprint density at radius 3 is 2.67 bits per heavy atom. The molecule has 1 aliphatic heterocycles. The molecule has 0 N–H and O–H groups in total. The zero-order chi connectivity index (χ0) is 19.4. The van der Waals surface area contributed by atoms with Crippen LogP contribution in [0.4, 0.5) is 4.39 Å². The molecule has 0 saturated carbocycles. The van der Waals surface area contributed by atoms with Crippen LogP contribution in [0.2, 0.25) is 5.02 Å². The largest absolute Gasteiger partial charge is 0.337 e. The van der Waals surface area contributed by atoms with Gasteiger partial charge in [-0.2, -0.15) is 0 Å². The van der Waals surface area contributed by atoms with Gasteiger partial charge in [-0.3, -0.25) is 9.59 Å². The van der Waals surface area contributed by atoms with E-state index in [4.69, 9.17) is 11.6 Å². The van der Waals surface area contributed by atoms with Crippen molar-refractivity contribution in [2.24, 2.45) is 0 Å². The number of halogens is 2. The predicted molar refractivity (Wildman–Crippen MR) is 106 cm³/mol. The fourth-order valence-corrected chi connectivity index (χ4v) is 4.52. The first-order chi connectivity index (χ1) is 13.0. The van der Waals surface area contributed by atoms with Crippen molar-refractivity contribution in [3.8, 4) is 0 Å². The van der Waals surface area contributed by atoms with Crippen molar-refractivity contribution in [3.05, 3.63) is 70.5 Å². The molecule has 0 radical (unpaired) electrons. The number of carbonyl (C=O) groups excluding carboxylic acids is 2. The maximum absolute atomic E-state index is 14.2. The molecule has 2 amide bonds. The van der Waals surface area contributed by atoms with Crippen LogP contribution < -0.4 is 0 Å². The van der Waals surface area contributed by atoms with Gasteiger partial charge < -0.3 is 9.80 Å². The molecule has 0 unspecified atom stereocenters. The number of likely N-dealkylation sites (N-methyl/N-ethyl adjacent to an activating group) is 1. The molecule has 2 aromatic rings. The van der Waals surface area contributed by atoms with Crippen molar-refractivity contribution in [2.75, 3.05) is 25.4 Å². The summed E-state index contributed by atoms with van der Waals surface area (Å²) >= 11 is 7.54. The molecule has 2 aromatic carbocycles. The summed E-state index contributed by atoms with van der Waals surface area (Å²) in [7, 11) is 0. The summed E-state index contributed by atoms with van der Waals surface area (Å²) in [5.74, 6) is -0.239. The lowest BCUT2D eigenvalue weighted by Gasteiger charge is -2.28. The number of carbonyl (C=O) groups is 2. The molecular weight excluding hydrogens is 387 g/mol. The number of hydrogen-bond acceptors (Lipinski definition) is 3. The van der Waals surface area contributed by atoms with Crippen molar-refractivity contribution in [3.63, 3.8) is 0 Å². The van der Waals surface area contributed by atoms with E-state index < -0.39 is 0 Å². The summed E-state index contributed by atoms with van der Waals surface area (Å²) in [5, 5.41) is 0.0332. The van der Waals surface area contributed by atoms with Crippen LogP contribution >= 0.6 is 23.4 Å². The van der Waals surface area contributed by atoms with Crippen LogP contribution in [-0.4, -0.2) is 47.0 Å². The van der Waals surface area contributed by atoms with Gasteiger partial charge in [0.2, 0.25) is 5.91 Å². The van der Waals surface area contributed by atoms with Crippen molar-refractivity contribution in [1.29, 1.82) is 0 Å². The number of nitrogens with zero attached hydrogens (tertiary/aromatic N) is 2. The van der Waals surface area contributed by atoms with Gasteiger partial charge in [-0.05, 0) is 25.1 Å². The predicted octanol–water partition coefficient (Wildman–Crippen LogP) is 4.22. The highest BCUT2D eigenvalue weighted by atomic mass is 35.5. The van der Waals surface area contributed by atoms with Crippen molar-refractivity contribution < 1.29 is 14.0 Å². The van der Waals surface area contributed by atoms with Crippen LogP contribution in [0.5, 0.6) is 0 Å². The molecule has 0 aliphatic carbocycles. The van der Waals surface area contributed by atoms with Gasteiger partial charge in [0.15, 0.2) is 0 Å². The summed E-state index contributed by atoms with van der Waals surface area (Å²) in [5.41, 5.74) is 0.933. The summed E-state index contributed by atoms with van der Waals surface area (Å²) in [4.78, 5) is 28.4. The van der Waals surface area contributed by atoms with E-state index in [9.17, 15) is 14.0 Å². The van der Waals surface area contributed by atoms with Gasteiger partial charge in [0.25, 0.3) is 5.91 Å². The Kier molecular flexibility index (Phi) is 6.39. The summed E-state index contributed by atoms with van der Waals surface area (Å²) < 4.78 is 14.2. The molecule has 1 fully saturated rings. The van der Waals surface area contributed by atoms with E-state index in [-0.39, 0.29) is 23.0 Å². The number of thioether (sulfide) groups is 1. The molecule has 3 rings (SSSR count). The smallest absolute Gasteiger partial charge is 0.255 e. The fraction of sp³-hybridized carbons (Fsp3) is 0.300. The standard InChI is InChI=1S/C20H20ClFN2O2S/c1-2-23(19(26)14-7-3-5-9-16(14)21)11-12-24-18(25)13-27-20(24)15-8-4-6-10-17(15)22/h3-10,20H,2,11-13H2,1H3/t20-/m1/s1. The monoisotopic (exact) mass is 406 g/mol. The fourth-order valence-electron chi connectivity index (χ4n) is 3.07. The lowest BCUT2D eigenvalue weighted by Crippen LogP contribution is -2.40. The second-order valence-corrected chi connectivity index (χ2v) is 7.61. The second-order valence-electron chi connectivity index (χ2n) is 6.14. The minimum atomic E-state index is -0.368. The van der Waals surface area contributed by atoms with E-state index in [0.29, 0.717) is 41.5 Å². The second kappa shape index (κ2) is 8.76. The van der Waals surface area contributed by atoms with Gasteiger partial charge in [-0.25, -0.2) is 4.39 Å². The highest BCUT2D eigenvalue weighted by Crippen LogP contribution is 2.39. The van der Waals surface area contributed by atoms with Gasteiger partial charge in [0, 0.05) is 25.2 Å². The zero-order valence-corrected chi connectivity index (χ0v) is 16.5. The molecule has 7 heteroatoms. The van der Waals surface area contributed by atoms with Crippen LogP contribution in [0.3, 0.4) is 0 Å². The molecular formula is C20H20ClFN2O2S. The summed E-state index contributed by atoms with van der Waals surface area (Å²) in [6.45, 7) is 3.07. The molecule has 0 aromatic heterocycles. The third kappa shape index (κ3) is 4.28. The van der Waals surface area contributed by atoms with E-state index >= 15 is 0 Å². The van der Waals surface area contributed by atoms with Crippen molar-refractivity contribution >= 4 is 35.2 Å². The molecule has 0 bridgehead atoms. The van der Waals surface area contributed by atoms with Crippen LogP contribution in [0.25, 0.3) is 0 Å².